The molecule has 1 N–H and O–H groups in total. The van der Waals surface area contributed by atoms with Gasteiger partial charge in [-0.15, -0.1) is 0 Å². The number of nitrogens with one attached hydrogen (secondary N) is 1. The number of rotatable bonds is 2. The van der Waals surface area contributed by atoms with Gasteiger partial charge < -0.3 is 10.1 Å². The van der Waals surface area contributed by atoms with Gasteiger partial charge in [0.05, 0.1) is 12.1 Å². The third kappa shape index (κ3) is 2.70. The van der Waals surface area contributed by atoms with Gasteiger partial charge in [0.1, 0.15) is 5.75 Å². The first kappa shape index (κ1) is 9.99. The number of hydrogen-bond acceptors (Lipinski definition) is 2. The van der Waals surface area contributed by atoms with Gasteiger partial charge in [-0.1, -0.05) is 18.3 Å². The molecule has 0 fully saturated rings. The molecule has 0 amide bonds. The van der Waals surface area contributed by atoms with Crippen molar-refractivity contribution in [3.8, 4) is 5.75 Å². The van der Waals surface area contributed by atoms with Gasteiger partial charge in [-0.25, -0.2) is 0 Å². The van der Waals surface area contributed by atoms with Crippen LogP contribution in [0.1, 0.15) is 12.5 Å². The summed E-state index contributed by atoms with van der Waals surface area (Å²) < 4.78 is 5.18. The van der Waals surface area contributed by atoms with Crippen molar-refractivity contribution >= 4 is 22.9 Å². The highest BCUT2D eigenvalue weighted by molar-refractivity contribution is 7.80. The summed E-state index contributed by atoms with van der Waals surface area (Å²) in [5, 5.41) is 3.06. The number of hydrogen-bond donors (Lipinski definition) is 1. The lowest BCUT2D eigenvalue weighted by Gasteiger charge is -2.08. The fraction of sp³-hybridized carbons (Fsp3) is 0.300. The smallest absolute Gasteiger partial charge is 0.123 e. The minimum absolute atomic E-state index is 0.755. The van der Waals surface area contributed by atoms with Crippen LogP contribution in [0.5, 0.6) is 5.75 Å². The molecule has 0 saturated heterocycles. The molecule has 70 valence electrons. The minimum Gasteiger partial charge on any atom is -0.496 e. The molecule has 0 aliphatic rings. The topological polar surface area (TPSA) is 21.3 Å². The van der Waals surface area contributed by atoms with Crippen molar-refractivity contribution in [3.05, 3.63) is 23.8 Å². The van der Waals surface area contributed by atoms with Crippen molar-refractivity contribution in [3.63, 3.8) is 0 Å². The maximum absolute atomic E-state index is 5.18. The number of methoxy groups -OCH3 is 1. The number of thiocarbonyl (C=S) groups is 1. The van der Waals surface area contributed by atoms with Crippen molar-refractivity contribution in [2.24, 2.45) is 0 Å². The Labute approximate surface area is 83.9 Å². The molecule has 0 unspecified atom stereocenters. The Morgan fingerprint density at radius 2 is 2.15 bits per heavy atom. The average molecular weight is 195 g/mol. The van der Waals surface area contributed by atoms with Gasteiger partial charge >= 0.3 is 0 Å². The third-order valence-corrected chi connectivity index (χ3v) is 1.83. The molecule has 1 aromatic rings. The summed E-state index contributed by atoms with van der Waals surface area (Å²) >= 11 is 4.94. The SMILES string of the molecule is COc1cc(NC(C)=S)ccc1C. The van der Waals surface area contributed by atoms with E-state index >= 15 is 0 Å². The second kappa shape index (κ2) is 4.23. The van der Waals surface area contributed by atoms with Crippen LogP contribution in [0.4, 0.5) is 5.69 Å². The van der Waals surface area contributed by atoms with E-state index in [-0.39, 0.29) is 0 Å². The molecule has 0 heterocycles. The Bertz CT molecular complexity index is 323. The Balaban J connectivity index is 2.92. The van der Waals surface area contributed by atoms with Crippen LogP contribution in [0.15, 0.2) is 18.2 Å². The highest BCUT2D eigenvalue weighted by Gasteiger charge is 1.99. The first-order valence-electron chi connectivity index (χ1n) is 4.05. The van der Waals surface area contributed by atoms with Crippen LogP contribution in [0, 0.1) is 6.92 Å². The van der Waals surface area contributed by atoms with Gasteiger partial charge in [0.2, 0.25) is 0 Å². The summed E-state index contributed by atoms with van der Waals surface area (Å²) in [6.45, 7) is 3.86. The molecule has 0 aromatic heterocycles. The summed E-state index contributed by atoms with van der Waals surface area (Å²) in [5.74, 6) is 0.876. The van der Waals surface area contributed by atoms with Crippen LogP contribution >= 0.6 is 12.2 Å². The van der Waals surface area contributed by atoms with Gasteiger partial charge in [-0.2, -0.15) is 0 Å². The van der Waals surface area contributed by atoms with Gasteiger partial charge in [0, 0.05) is 11.8 Å². The standard InChI is InChI=1S/C10H13NOS/c1-7-4-5-9(11-8(2)13)6-10(7)12-3/h4-6H,1-3H3,(H,11,13). The quantitative estimate of drug-likeness (QED) is 0.733. The third-order valence-electron chi connectivity index (χ3n) is 1.73. The number of ether oxygens (including phenoxy) is 1. The number of anilines is 1. The molecular weight excluding hydrogens is 182 g/mol. The monoisotopic (exact) mass is 195 g/mol. The van der Waals surface area contributed by atoms with E-state index in [0.717, 1.165) is 22.0 Å². The van der Waals surface area contributed by atoms with E-state index in [9.17, 15) is 0 Å². The second-order valence-corrected chi connectivity index (χ2v) is 3.48. The number of benzene rings is 1. The van der Waals surface area contributed by atoms with E-state index in [4.69, 9.17) is 17.0 Å². The van der Waals surface area contributed by atoms with Crippen molar-refractivity contribution < 1.29 is 4.74 Å². The molecule has 0 aliphatic heterocycles. The number of aryl methyl sites for hydroxylation is 1. The summed E-state index contributed by atoms with van der Waals surface area (Å²) in [7, 11) is 1.66. The summed E-state index contributed by atoms with van der Waals surface area (Å²) in [6.07, 6.45) is 0. The van der Waals surface area contributed by atoms with Crippen LogP contribution in [-0.4, -0.2) is 12.1 Å². The molecule has 0 saturated carbocycles. The van der Waals surface area contributed by atoms with E-state index < -0.39 is 0 Å². The summed E-state index contributed by atoms with van der Waals surface area (Å²) in [6, 6.07) is 5.91. The van der Waals surface area contributed by atoms with E-state index in [1.165, 1.54) is 0 Å². The van der Waals surface area contributed by atoms with Crippen molar-refractivity contribution in [2.45, 2.75) is 13.8 Å². The van der Waals surface area contributed by atoms with Crippen LogP contribution in [0.25, 0.3) is 0 Å². The van der Waals surface area contributed by atoms with Crippen LogP contribution in [-0.2, 0) is 0 Å². The molecule has 0 radical (unpaired) electrons. The van der Waals surface area contributed by atoms with E-state index in [1.54, 1.807) is 7.11 Å². The summed E-state index contributed by atoms with van der Waals surface area (Å²) in [5.41, 5.74) is 2.09. The zero-order chi connectivity index (χ0) is 9.84. The normalized spacial score (nSPS) is 9.46. The van der Waals surface area contributed by atoms with Crippen LogP contribution in [0.3, 0.4) is 0 Å². The van der Waals surface area contributed by atoms with E-state index in [0.29, 0.717) is 0 Å². The van der Waals surface area contributed by atoms with E-state index in [2.05, 4.69) is 5.32 Å². The zero-order valence-electron chi connectivity index (χ0n) is 8.05. The van der Waals surface area contributed by atoms with Crippen LogP contribution < -0.4 is 10.1 Å². The fourth-order valence-corrected chi connectivity index (χ4v) is 1.22. The predicted octanol–water partition coefficient (Wildman–Crippen LogP) is 2.76. The van der Waals surface area contributed by atoms with Gasteiger partial charge in [-0.3, -0.25) is 0 Å². The molecule has 2 nitrogen and oxygen atoms in total. The second-order valence-electron chi connectivity index (χ2n) is 2.87. The Morgan fingerprint density at radius 1 is 1.46 bits per heavy atom. The first-order chi connectivity index (χ1) is 6.13. The molecule has 0 atom stereocenters. The molecule has 0 bridgehead atoms. The van der Waals surface area contributed by atoms with Gasteiger partial charge in [0.15, 0.2) is 0 Å². The largest absolute Gasteiger partial charge is 0.496 e. The lowest BCUT2D eigenvalue weighted by Crippen LogP contribution is -2.03. The lowest BCUT2D eigenvalue weighted by molar-refractivity contribution is 0.412. The minimum atomic E-state index is 0.755. The molecule has 13 heavy (non-hydrogen) atoms. The van der Waals surface area contributed by atoms with Crippen molar-refractivity contribution in [2.75, 3.05) is 12.4 Å². The van der Waals surface area contributed by atoms with Crippen molar-refractivity contribution in [1.29, 1.82) is 0 Å². The van der Waals surface area contributed by atoms with Crippen molar-refractivity contribution in [1.82, 2.24) is 0 Å². The average Bonchev–Trinajstić information content (AvgIpc) is 2.07. The molecule has 3 heteroatoms. The zero-order valence-corrected chi connectivity index (χ0v) is 8.87. The highest BCUT2D eigenvalue weighted by Crippen LogP contribution is 2.21. The molecule has 0 spiro atoms. The van der Waals surface area contributed by atoms with Gasteiger partial charge in [0.25, 0.3) is 0 Å². The predicted molar refractivity (Wildman–Crippen MR) is 59.6 cm³/mol. The molecular formula is C10H13NOS. The lowest BCUT2D eigenvalue weighted by atomic mass is 10.2. The Hall–Kier alpha value is -1.09. The molecule has 1 rings (SSSR count). The Kier molecular flexibility index (Phi) is 3.25. The Morgan fingerprint density at radius 3 is 2.69 bits per heavy atom. The highest BCUT2D eigenvalue weighted by atomic mass is 32.1. The summed E-state index contributed by atoms with van der Waals surface area (Å²) in [4.78, 5) is 0.755. The van der Waals surface area contributed by atoms with E-state index in [1.807, 2.05) is 32.0 Å². The van der Waals surface area contributed by atoms with Crippen LogP contribution in [0.2, 0.25) is 0 Å². The molecule has 0 aliphatic carbocycles. The maximum atomic E-state index is 5.18. The fourth-order valence-electron chi connectivity index (χ4n) is 1.10. The molecule has 1 aromatic carbocycles. The van der Waals surface area contributed by atoms with Gasteiger partial charge in [-0.05, 0) is 25.5 Å². The first-order valence-corrected chi connectivity index (χ1v) is 4.46. The maximum Gasteiger partial charge on any atom is 0.123 e.